The molecule has 1 rings (SSSR count). The van der Waals surface area contributed by atoms with E-state index in [1.54, 1.807) is 0 Å². The normalized spacial score (nSPS) is 11.8. The quantitative estimate of drug-likeness (QED) is 0.600. The smallest absolute Gasteiger partial charge is 0.243 e. The summed E-state index contributed by atoms with van der Waals surface area (Å²) in [6, 6.07) is 5.07. The summed E-state index contributed by atoms with van der Waals surface area (Å²) in [5, 5.41) is 10.8. The van der Waals surface area contributed by atoms with Crippen molar-refractivity contribution in [3.05, 3.63) is 29.8 Å². The highest BCUT2D eigenvalue weighted by Crippen LogP contribution is 2.17. The van der Waals surface area contributed by atoms with Crippen LogP contribution in [0.15, 0.2) is 29.2 Å². The van der Waals surface area contributed by atoms with Crippen LogP contribution in [0.3, 0.4) is 0 Å². The maximum atomic E-state index is 12.5. The Bertz CT molecular complexity index is 564. The number of carbonyl (C=O) groups is 1. The Hall–Kier alpha value is -1.48. The van der Waals surface area contributed by atoms with Gasteiger partial charge in [-0.05, 0) is 17.7 Å². The summed E-state index contributed by atoms with van der Waals surface area (Å²) in [7, 11) is -0.879. The molecule has 0 N–H and O–H groups in total. The Labute approximate surface area is 124 Å². The molecule has 0 aliphatic heterocycles. The van der Waals surface area contributed by atoms with Crippen LogP contribution in [0.25, 0.3) is 0 Å². The maximum Gasteiger partial charge on any atom is 0.243 e. The Morgan fingerprint density at radius 3 is 2.24 bits per heavy atom. The summed E-state index contributed by atoms with van der Waals surface area (Å²) < 4.78 is 36.0. The lowest BCUT2D eigenvalue weighted by Gasteiger charge is -2.22. The molecule has 0 radical (unpaired) electrons. The van der Waals surface area contributed by atoms with Gasteiger partial charge in [-0.2, -0.15) is 4.31 Å². The first-order valence-electron chi connectivity index (χ1n) is 6.23. The summed E-state index contributed by atoms with van der Waals surface area (Å²) in [5.74, 6) is -1.42. The van der Waals surface area contributed by atoms with E-state index >= 15 is 0 Å². The molecule has 0 amide bonds. The largest absolute Gasteiger partial charge is 0.545 e. The van der Waals surface area contributed by atoms with Crippen LogP contribution in [-0.4, -0.2) is 59.2 Å². The Morgan fingerprint density at radius 2 is 1.76 bits per heavy atom. The van der Waals surface area contributed by atoms with E-state index in [0.29, 0.717) is 0 Å². The molecule has 21 heavy (non-hydrogen) atoms. The standard InChI is InChI=1S/C13H19NO6S/c1-19-8-6-14(7-9-20-2)21(17,18)12-5-3-4-11(10-12)13(15)16/h3-5,10H,6-9H2,1-2H3,(H,15,16)/p-1. The van der Waals surface area contributed by atoms with Gasteiger partial charge in [-0.3, -0.25) is 0 Å². The second-order valence-corrected chi connectivity index (χ2v) is 6.14. The number of hydrogen-bond acceptors (Lipinski definition) is 6. The third-order valence-corrected chi connectivity index (χ3v) is 4.69. The van der Waals surface area contributed by atoms with Gasteiger partial charge < -0.3 is 19.4 Å². The van der Waals surface area contributed by atoms with Gasteiger partial charge in [0, 0.05) is 27.3 Å². The molecule has 1 aromatic carbocycles. The highest BCUT2D eigenvalue weighted by atomic mass is 32.2. The fourth-order valence-electron chi connectivity index (χ4n) is 1.67. The lowest BCUT2D eigenvalue weighted by molar-refractivity contribution is -0.255. The number of carbonyl (C=O) groups excluding carboxylic acids is 1. The van der Waals surface area contributed by atoms with Crippen molar-refractivity contribution in [2.24, 2.45) is 0 Å². The van der Waals surface area contributed by atoms with E-state index in [0.717, 1.165) is 6.07 Å². The Balaban J connectivity index is 3.08. The number of aromatic carboxylic acids is 1. The van der Waals surface area contributed by atoms with Crippen LogP contribution < -0.4 is 5.11 Å². The molecule has 0 saturated carbocycles. The van der Waals surface area contributed by atoms with Crippen molar-refractivity contribution in [3.8, 4) is 0 Å². The minimum atomic E-state index is -3.82. The van der Waals surface area contributed by atoms with Gasteiger partial charge in [0.1, 0.15) is 0 Å². The van der Waals surface area contributed by atoms with E-state index in [1.807, 2.05) is 0 Å². The zero-order chi connectivity index (χ0) is 15.9. The van der Waals surface area contributed by atoms with Crippen molar-refractivity contribution in [3.63, 3.8) is 0 Å². The Morgan fingerprint density at radius 1 is 1.19 bits per heavy atom. The number of carboxylic acids is 1. The summed E-state index contributed by atoms with van der Waals surface area (Å²) in [5.41, 5.74) is -0.186. The monoisotopic (exact) mass is 316 g/mol. The molecule has 0 unspecified atom stereocenters. The molecule has 0 saturated heterocycles. The van der Waals surface area contributed by atoms with Crippen LogP contribution >= 0.6 is 0 Å². The van der Waals surface area contributed by atoms with Gasteiger partial charge in [0.05, 0.1) is 24.1 Å². The highest BCUT2D eigenvalue weighted by molar-refractivity contribution is 7.89. The number of benzene rings is 1. The highest BCUT2D eigenvalue weighted by Gasteiger charge is 2.24. The van der Waals surface area contributed by atoms with Crippen LogP contribution in [0.4, 0.5) is 0 Å². The molecule has 8 heteroatoms. The van der Waals surface area contributed by atoms with E-state index in [1.165, 1.54) is 36.7 Å². The summed E-state index contributed by atoms with van der Waals surface area (Å²) in [4.78, 5) is 10.7. The van der Waals surface area contributed by atoms with E-state index in [9.17, 15) is 18.3 Å². The molecule has 0 aromatic heterocycles. The summed E-state index contributed by atoms with van der Waals surface area (Å²) in [6.45, 7) is 0.752. The van der Waals surface area contributed by atoms with Gasteiger partial charge in [-0.1, -0.05) is 12.1 Å². The predicted molar refractivity (Wildman–Crippen MR) is 73.3 cm³/mol. The zero-order valence-electron chi connectivity index (χ0n) is 11.9. The lowest BCUT2D eigenvalue weighted by Crippen LogP contribution is -2.36. The van der Waals surface area contributed by atoms with Crippen LogP contribution in [-0.2, 0) is 19.5 Å². The van der Waals surface area contributed by atoms with E-state index in [2.05, 4.69) is 0 Å². The molecule has 1 aromatic rings. The minimum absolute atomic E-state index is 0.101. The lowest BCUT2D eigenvalue weighted by atomic mass is 10.2. The second-order valence-electron chi connectivity index (χ2n) is 4.20. The minimum Gasteiger partial charge on any atom is -0.545 e. The van der Waals surface area contributed by atoms with Gasteiger partial charge in [-0.25, -0.2) is 8.42 Å². The SMILES string of the molecule is COCCN(CCOC)S(=O)(=O)c1cccc(C(=O)[O-])c1. The number of nitrogens with zero attached hydrogens (tertiary/aromatic N) is 1. The van der Waals surface area contributed by atoms with Crippen molar-refractivity contribution in [1.82, 2.24) is 4.31 Å². The van der Waals surface area contributed by atoms with Crippen LogP contribution in [0, 0.1) is 0 Å². The van der Waals surface area contributed by atoms with Gasteiger partial charge >= 0.3 is 0 Å². The number of ether oxygens (including phenoxy) is 2. The average Bonchev–Trinajstić information content (AvgIpc) is 2.47. The molecule has 0 bridgehead atoms. The summed E-state index contributed by atoms with van der Waals surface area (Å²) in [6.07, 6.45) is 0. The van der Waals surface area contributed by atoms with E-state index in [-0.39, 0.29) is 36.8 Å². The van der Waals surface area contributed by atoms with Gasteiger partial charge in [0.25, 0.3) is 0 Å². The first-order valence-corrected chi connectivity index (χ1v) is 7.67. The molecule has 7 nitrogen and oxygen atoms in total. The molecule has 0 aliphatic carbocycles. The second kappa shape index (κ2) is 8.08. The first kappa shape index (κ1) is 17.6. The number of carboxylic acid groups (broad SMARTS) is 1. The maximum absolute atomic E-state index is 12.5. The molecule has 0 heterocycles. The molecule has 0 spiro atoms. The predicted octanol–water partition coefficient (Wildman–Crippen LogP) is -0.666. The van der Waals surface area contributed by atoms with Crippen molar-refractivity contribution in [1.29, 1.82) is 0 Å². The first-order chi connectivity index (χ1) is 9.93. The molecule has 118 valence electrons. The molecular weight excluding hydrogens is 298 g/mol. The Kier molecular flexibility index (Phi) is 6.76. The third kappa shape index (κ3) is 4.78. The van der Waals surface area contributed by atoms with Crippen molar-refractivity contribution >= 4 is 16.0 Å². The molecule has 0 fully saturated rings. The zero-order valence-corrected chi connectivity index (χ0v) is 12.8. The number of methoxy groups -OCH3 is 2. The van der Waals surface area contributed by atoms with Crippen LogP contribution in [0.5, 0.6) is 0 Å². The molecule has 0 aliphatic rings. The molecule has 0 atom stereocenters. The van der Waals surface area contributed by atoms with Gasteiger partial charge in [0.2, 0.25) is 10.0 Å². The third-order valence-electron chi connectivity index (χ3n) is 2.80. The number of sulfonamides is 1. The van der Waals surface area contributed by atoms with Crippen molar-refractivity contribution < 1.29 is 27.8 Å². The fourth-order valence-corrected chi connectivity index (χ4v) is 3.13. The molecular formula is C13H18NO6S-. The number of rotatable bonds is 9. The van der Waals surface area contributed by atoms with Gasteiger partial charge in [-0.15, -0.1) is 0 Å². The number of hydrogen-bond donors (Lipinski definition) is 0. The van der Waals surface area contributed by atoms with Crippen LogP contribution in [0.2, 0.25) is 0 Å². The van der Waals surface area contributed by atoms with E-state index in [4.69, 9.17) is 9.47 Å². The topological polar surface area (TPSA) is 96.0 Å². The van der Waals surface area contributed by atoms with Gasteiger partial charge in [0.15, 0.2) is 0 Å². The average molecular weight is 316 g/mol. The summed E-state index contributed by atoms with van der Waals surface area (Å²) >= 11 is 0. The van der Waals surface area contributed by atoms with Crippen LogP contribution in [0.1, 0.15) is 10.4 Å². The fraction of sp³-hybridized carbons (Fsp3) is 0.462. The van der Waals surface area contributed by atoms with Crippen molar-refractivity contribution in [2.45, 2.75) is 4.90 Å². The van der Waals surface area contributed by atoms with Crippen molar-refractivity contribution in [2.75, 3.05) is 40.5 Å². The van der Waals surface area contributed by atoms with E-state index < -0.39 is 16.0 Å².